The summed E-state index contributed by atoms with van der Waals surface area (Å²) in [5.74, 6) is 2.11. The molecule has 0 aliphatic carbocycles. The van der Waals surface area contributed by atoms with E-state index in [2.05, 4.69) is 0 Å². The second-order valence-corrected chi connectivity index (χ2v) is 4.96. The van der Waals surface area contributed by atoms with Crippen molar-refractivity contribution in [2.75, 3.05) is 14.2 Å². The third-order valence-electron chi connectivity index (χ3n) is 3.41. The van der Waals surface area contributed by atoms with E-state index in [1.54, 1.807) is 32.4 Å². The predicted octanol–water partition coefficient (Wildman–Crippen LogP) is 3.39. The second-order valence-electron chi connectivity index (χ2n) is 4.96. The predicted molar refractivity (Wildman–Crippen MR) is 86.4 cm³/mol. The van der Waals surface area contributed by atoms with Gasteiger partial charge in [-0.25, -0.2) is 4.79 Å². The first-order valence-electron chi connectivity index (χ1n) is 7.06. The molecule has 0 bridgehead atoms. The Morgan fingerprint density at radius 3 is 2.30 bits per heavy atom. The van der Waals surface area contributed by atoms with Gasteiger partial charge in [0.15, 0.2) is 0 Å². The van der Waals surface area contributed by atoms with Gasteiger partial charge in [-0.2, -0.15) is 0 Å². The average Bonchev–Trinajstić information content (AvgIpc) is 2.59. The van der Waals surface area contributed by atoms with Gasteiger partial charge < -0.3 is 18.6 Å². The van der Waals surface area contributed by atoms with Crippen molar-refractivity contribution in [3.63, 3.8) is 0 Å². The zero-order valence-electron chi connectivity index (χ0n) is 12.9. The minimum Gasteiger partial charge on any atom is -0.497 e. The Morgan fingerprint density at radius 1 is 0.870 bits per heavy atom. The normalized spacial score (nSPS) is 10.5. The smallest absolute Gasteiger partial charge is 0.336 e. The molecule has 0 fully saturated rings. The standard InChI is InChI=1S/C18H16O5/c1-20-15-7-12(8-16(10-15)21-2)11-22-14-4-5-17-13(9-14)3-6-18(19)23-17/h3-10H,11H2,1-2H3. The number of hydrogen-bond donors (Lipinski definition) is 0. The van der Waals surface area contributed by atoms with Crippen LogP contribution in [0.1, 0.15) is 5.56 Å². The van der Waals surface area contributed by atoms with Crippen LogP contribution in [-0.2, 0) is 6.61 Å². The molecule has 3 aromatic rings. The van der Waals surface area contributed by atoms with Crippen molar-refractivity contribution in [2.45, 2.75) is 6.61 Å². The van der Waals surface area contributed by atoms with Crippen LogP contribution in [0, 0.1) is 0 Å². The Bertz CT molecular complexity index is 860. The first kappa shape index (κ1) is 15.0. The first-order chi connectivity index (χ1) is 11.2. The first-order valence-corrected chi connectivity index (χ1v) is 7.06. The highest BCUT2D eigenvalue weighted by Crippen LogP contribution is 2.25. The third-order valence-corrected chi connectivity index (χ3v) is 3.41. The molecule has 0 N–H and O–H groups in total. The van der Waals surface area contributed by atoms with E-state index in [0.29, 0.717) is 29.4 Å². The average molecular weight is 312 g/mol. The Morgan fingerprint density at radius 2 is 1.61 bits per heavy atom. The fourth-order valence-electron chi connectivity index (χ4n) is 2.26. The molecule has 1 aromatic heterocycles. The number of methoxy groups -OCH3 is 2. The summed E-state index contributed by atoms with van der Waals surface area (Å²) in [6.45, 7) is 0.371. The topological polar surface area (TPSA) is 57.9 Å². The maximum Gasteiger partial charge on any atom is 0.336 e. The number of fused-ring (bicyclic) bond motifs is 1. The summed E-state index contributed by atoms with van der Waals surface area (Å²) >= 11 is 0. The van der Waals surface area contributed by atoms with E-state index in [4.69, 9.17) is 18.6 Å². The van der Waals surface area contributed by atoms with Crippen molar-refractivity contribution in [3.05, 3.63) is 64.5 Å². The molecule has 0 aliphatic heterocycles. The van der Waals surface area contributed by atoms with Crippen LogP contribution in [0.2, 0.25) is 0 Å². The van der Waals surface area contributed by atoms with Crippen molar-refractivity contribution >= 4 is 11.0 Å². The highest BCUT2D eigenvalue weighted by molar-refractivity contribution is 5.77. The van der Waals surface area contributed by atoms with Crippen LogP contribution in [0.25, 0.3) is 11.0 Å². The van der Waals surface area contributed by atoms with Crippen molar-refractivity contribution in [1.82, 2.24) is 0 Å². The molecule has 118 valence electrons. The minimum atomic E-state index is -0.366. The molecule has 5 nitrogen and oxygen atoms in total. The molecule has 2 aromatic carbocycles. The van der Waals surface area contributed by atoms with E-state index in [0.717, 1.165) is 10.9 Å². The van der Waals surface area contributed by atoms with Crippen LogP contribution < -0.4 is 19.8 Å². The van der Waals surface area contributed by atoms with Crippen LogP contribution in [0.3, 0.4) is 0 Å². The second kappa shape index (κ2) is 6.44. The van der Waals surface area contributed by atoms with Gasteiger partial charge in [-0.05, 0) is 42.0 Å². The molecule has 0 saturated heterocycles. The molecule has 1 heterocycles. The number of hydrogen-bond acceptors (Lipinski definition) is 5. The van der Waals surface area contributed by atoms with Gasteiger partial charge in [0.05, 0.1) is 14.2 Å². The molecule has 5 heteroatoms. The van der Waals surface area contributed by atoms with Gasteiger partial charge in [0.2, 0.25) is 0 Å². The monoisotopic (exact) mass is 312 g/mol. The van der Waals surface area contributed by atoms with Crippen LogP contribution in [0.15, 0.2) is 57.7 Å². The molecular formula is C18H16O5. The van der Waals surface area contributed by atoms with Gasteiger partial charge in [0.1, 0.15) is 29.4 Å². The van der Waals surface area contributed by atoms with E-state index in [1.165, 1.54) is 6.07 Å². The van der Waals surface area contributed by atoms with Gasteiger partial charge >= 0.3 is 5.63 Å². The molecule has 3 rings (SSSR count). The summed E-state index contributed by atoms with van der Waals surface area (Å²) in [5.41, 5.74) is 1.10. The lowest BCUT2D eigenvalue weighted by molar-refractivity contribution is 0.304. The van der Waals surface area contributed by atoms with Crippen LogP contribution >= 0.6 is 0 Å². The Labute approximate surface area is 133 Å². The Balaban J connectivity index is 1.80. The van der Waals surface area contributed by atoms with Crippen molar-refractivity contribution in [2.24, 2.45) is 0 Å². The molecule has 0 amide bonds. The molecule has 0 saturated carbocycles. The van der Waals surface area contributed by atoms with Crippen LogP contribution in [-0.4, -0.2) is 14.2 Å². The molecule has 23 heavy (non-hydrogen) atoms. The SMILES string of the molecule is COc1cc(COc2ccc3oc(=O)ccc3c2)cc(OC)c1. The van der Waals surface area contributed by atoms with E-state index in [1.807, 2.05) is 24.3 Å². The lowest BCUT2D eigenvalue weighted by atomic mass is 10.2. The van der Waals surface area contributed by atoms with Crippen molar-refractivity contribution in [3.8, 4) is 17.2 Å². The van der Waals surface area contributed by atoms with Crippen molar-refractivity contribution in [1.29, 1.82) is 0 Å². The lowest BCUT2D eigenvalue weighted by Crippen LogP contribution is -1.98. The molecular weight excluding hydrogens is 296 g/mol. The van der Waals surface area contributed by atoms with E-state index in [-0.39, 0.29) is 5.63 Å². The lowest BCUT2D eigenvalue weighted by Gasteiger charge is -2.10. The zero-order chi connectivity index (χ0) is 16.2. The molecule has 0 unspecified atom stereocenters. The van der Waals surface area contributed by atoms with E-state index in [9.17, 15) is 4.79 Å². The summed E-state index contributed by atoms with van der Waals surface area (Å²) in [4.78, 5) is 11.2. The maximum absolute atomic E-state index is 11.2. The molecule has 0 radical (unpaired) electrons. The zero-order valence-corrected chi connectivity index (χ0v) is 12.9. The number of rotatable bonds is 5. The van der Waals surface area contributed by atoms with Crippen LogP contribution in [0.4, 0.5) is 0 Å². The Kier molecular flexibility index (Phi) is 4.19. The number of benzene rings is 2. The van der Waals surface area contributed by atoms with Gasteiger partial charge in [0, 0.05) is 17.5 Å². The quantitative estimate of drug-likeness (QED) is 0.676. The van der Waals surface area contributed by atoms with Gasteiger partial charge in [-0.15, -0.1) is 0 Å². The summed E-state index contributed by atoms with van der Waals surface area (Å²) in [6, 6.07) is 14.0. The van der Waals surface area contributed by atoms with Gasteiger partial charge in [-0.3, -0.25) is 0 Å². The van der Waals surface area contributed by atoms with E-state index < -0.39 is 0 Å². The van der Waals surface area contributed by atoms with Crippen molar-refractivity contribution < 1.29 is 18.6 Å². The van der Waals surface area contributed by atoms with E-state index >= 15 is 0 Å². The molecule has 0 spiro atoms. The summed E-state index contributed by atoms with van der Waals surface area (Å²) < 4.78 is 21.4. The fourth-order valence-corrected chi connectivity index (χ4v) is 2.26. The Hall–Kier alpha value is -2.95. The summed E-state index contributed by atoms with van der Waals surface area (Å²) in [6.07, 6.45) is 0. The third kappa shape index (κ3) is 3.45. The van der Waals surface area contributed by atoms with Gasteiger partial charge in [-0.1, -0.05) is 0 Å². The highest BCUT2D eigenvalue weighted by atomic mass is 16.5. The fraction of sp³-hybridized carbons (Fsp3) is 0.167. The largest absolute Gasteiger partial charge is 0.497 e. The minimum absolute atomic E-state index is 0.366. The number of ether oxygens (including phenoxy) is 3. The molecule has 0 atom stereocenters. The highest BCUT2D eigenvalue weighted by Gasteiger charge is 2.04. The molecule has 0 aliphatic rings. The van der Waals surface area contributed by atoms with Crippen LogP contribution in [0.5, 0.6) is 17.2 Å². The van der Waals surface area contributed by atoms with Gasteiger partial charge in [0.25, 0.3) is 0 Å². The summed E-state index contributed by atoms with van der Waals surface area (Å²) in [7, 11) is 3.22. The summed E-state index contributed by atoms with van der Waals surface area (Å²) in [5, 5.41) is 0.810. The maximum atomic E-state index is 11.2.